The number of carbonyl (C=O) groups is 1. The van der Waals surface area contributed by atoms with Gasteiger partial charge in [0.2, 0.25) is 0 Å². The van der Waals surface area contributed by atoms with Crippen LogP contribution in [0, 0.1) is 0 Å². The molecule has 0 bridgehead atoms. The first-order chi connectivity index (χ1) is 8.08. The Morgan fingerprint density at radius 3 is 2.59 bits per heavy atom. The third kappa shape index (κ3) is 2.65. The van der Waals surface area contributed by atoms with Gasteiger partial charge in [-0.2, -0.15) is 0 Å². The van der Waals surface area contributed by atoms with Crippen LogP contribution in [0.15, 0.2) is 24.3 Å². The summed E-state index contributed by atoms with van der Waals surface area (Å²) < 4.78 is 0. The molecule has 1 aliphatic heterocycles. The first-order valence-electron chi connectivity index (χ1n) is 5.93. The molecule has 3 unspecified atom stereocenters. The Morgan fingerprint density at radius 1 is 1.35 bits per heavy atom. The number of carboxylic acids is 1. The zero-order valence-corrected chi connectivity index (χ0v) is 9.89. The molecule has 1 aliphatic rings. The quantitative estimate of drug-likeness (QED) is 0.725. The van der Waals surface area contributed by atoms with Gasteiger partial charge in [0.1, 0.15) is 0 Å². The molecule has 0 aliphatic carbocycles. The first kappa shape index (κ1) is 12.1. The highest BCUT2D eigenvalue weighted by molar-refractivity contribution is 5.87. The number of nitrogens with two attached hydrogens (primary N) is 1. The average Bonchev–Trinajstić information content (AvgIpc) is 2.32. The second kappa shape index (κ2) is 4.85. The number of carboxylic acid groups (broad SMARTS) is 1. The third-order valence-electron chi connectivity index (χ3n) is 3.34. The summed E-state index contributed by atoms with van der Waals surface area (Å²) in [7, 11) is 0. The van der Waals surface area contributed by atoms with Crippen molar-refractivity contribution in [3.63, 3.8) is 0 Å². The van der Waals surface area contributed by atoms with Gasteiger partial charge in [-0.05, 0) is 37.5 Å². The van der Waals surface area contributed by atoms with Crippen LogP contribution in [0.1, 0.15) is 41.7 Å². The van der Waals surface area contributed by atoms with E-state index in [1.165, 1.54) is 0 Å². The van der Waals surface area contributed by atoms with Crippen molar-refractivity contribution in [1.29, 1.82) is 0 Å². The summed E-state index contributed by atoms with van der Waals surface area (Å²) in [5, 5.41) is 12.3. The Hall–Kier alpha value is -1.39. The number of piperidine rings is 1. The minimum atomic E-state index is -0.897. The molecule has 0 aromatic heterocycles. The molecule has 0 radical (unpaired) electrons. The molecule has 1 fully saturated rings. The predicted octanol–water partition coefficient (Wildman–Crippen LogP) is 1.53. The monoisotopic (exact) mass is 234 g/mol. The van der Waals surface area contributed by atoms with Crippen molar-refractivity contribution in [3.05, 3.63) is 35.4 Å². The lowest BCUT2D eigenvalue weighted by Gasteiger charge is -2.34. The lowest BCUT2D eigenvalue weighted by molar-refractivity contribution is 0.0697. The van der Waals surface area contributed by atoms with Gasteiger partial charge in [0.05, 0.1) is 5.56 Å². The van der Waals surface area contributed by atoms with Crippen LogP contribution in [0.3, 0.4) is 0 Å². The molecule has 4 N–H and O–H groups in total. The van der Waals surface area contributed by atoms with Crippen LogP contribution in [-0.2, 0) is 0 Å². The standard InChI is InChI=1S/C13H18N2O2/c1-8-2-7-11(14)12(15-8)9-3-5-10(6-4-9)13(16)17/h3-6,8,11-12,15H,2,7,14H2,1H3,(H,16,17). The summed E-state index contributed by atoms with van der Waals surface area (Å²) in [4.78, 5) is 10.8. The number of hydrogen-bond donors (Lipinski definition) is 3. The number of aromatic carboxylic acids is 1. The summed E-state index contributed by atoms with van der Waals surface area (Å²) in [6.07, 6.45) is 2.09. The molecule has 1 aromatic carbocycles. The van der Waals surface area contributed by atoms with Crippen LogP contribution in [0.4, 0.5) is 0 Å². The molecule has 1 heterocycles. The van der Waals surface area contributed by atoms with Gasteiger partial charge in [0, 0.05) is 18.1 Å². The Morgan fingerprint density at radius 2 is 2.00 bits per heavy atom. The number of hydrogen-bond acceptors (Lipinski definition) is 3. The van der Waals surface area contributed by atoms with Crippen LogP contribution in [0.2, 0.25) is 0 Å². The molecule has 0 amide bonds. The molecule has 0 saturated carbocycles. The first-order valence-corrected chi connectivity index (χ1v) is 5.93. The van der Waals surface area contributed by atoms with Gasteiger partial charge >= 0.3 is 5.97 Å². The summed E-state index contributed by atoms with van der Waals surface area (Å²) in [6, 6.07) is 7.64. The van der Waals surface area contributed by atoms with E-state index >= 15 is 0 Å². The maximum absolute atomic E-state index is 10.8. The fourth-order valence-corrected chi connectivity index (χ4v) is 2.30. The maximum Gasteiger partial charge on any atom is 0.335 e. The molecule has 1 saturated heterocycles. The second-order valence-corrected chi connectivity index (χ2v) is 4.71. The molecule has 4 nitrogen and oxygen atoms in total. The van der Waals surface area contributed by atoms with Crippen molar-refractivity contribution in [2.24, 2.45) is 5.73 Å². The van der Waals surface area contributed by atoms with E-state index in [4.69, 9.17) is 10.8 Å². The minimum Gasteiger partial charge on any atom is -0.478 e. The third-order valence-corrected chi connectivity index (χ3v) is 3.34. The Kier molecular flexibility index (Phi) is 3.45. The lowest BCUT2D eigenvalue weighted by atomic mass is 9.90. The number of nitrogens with one attached hydrogen (secondary N) is 1. The average molecular weight is 234 g/mol. The Bertz CT molecular complexity index is 402. The zero-order chi connectivity index (χ0) is 12.4. The van der Waals surface area contributed by atoms with E-state index in [1.807, 2.05) is 12.1 Å². The highest BCUT2D eigenvalue weighted by Crippen LogP contribution is 2.24. The van der Waals surface area contributed by atoms with Gasteiger partial charge in [0.15, 0.2) is 0 Å². The molecule has 0 spiro atoms. The van der Waals surface area contributed by atoms with Crippen molar-refractivity contribution >= 4 is 5.97 Å². The molecule has 2 rings (SSSR count). The van der Waals surface area contributed by atoms with E-state index < -0.39 is 5.97 Å². The maximum atomic E-state index is 10.8. The van der Waals surface area contributed by atoms with Crippen molar-refractivity contribution in [3.8, 4) is 0 Å². The van der Waals surface area contributed by atoms with E-state index in [1.54, 1.807) is 12.1 Å². The van der Waals surface area contributed by atoms with Gasteiger partial charge in [-0.3, -0.25) is 0 Å². The van der Waals surface area contributed by atoms with Crippen LogP contribution in [-0.4, -0.2) is 23.2 Å². The highest BCUT2D eigenvalue weighted by Gasteiger charge is 2.26. The van der Waals surface area contributed by atoms with Crippen molar-refractivity contribution in [2.75, 3.05) is 0 Å². The molecule has 92 valence electrons. The smallest absolute Gasteiger partial charge is 0.335 e. The van der Waals surface area contributed by atoms with Gasteiger partial charge in [-0.1, -0.05) is 12.1 Å². The molecule has 4 heteroatoms. The van der Waals surface area contributed by atoms with Crippen LogP contribution >= 0.6 is 0 Å². The highest BCUT2D eigenvalue weighted by atomic mass is 16.4. The predicted molar refractivity (Wildman–Crippen MR) is 65.9 cm³/mol. The minimum absolute atomic E-state index is 0.0990. The number of rotatable bonds is 2. The van der Waals surface area contributed by atoms with E-state index in [0.29, 0.717) is 11.6 Å². The number of benzene rings is 1. The fourth-order valence-electron chi connectivity index (χ4n) is 2.30. The molecular weight excluding hydrogens is 216 g/mol. The normalized spacial score (nSPS) is 28.9. The Balaban J connectivity index is 2.18. The fraction of sp³-hybridized carbons (Fsp3) is 0.462. The van der Waals surface area contributed by atoms with Gasteiger partial charge in [-0.15, -0.1) is 0 Å². The molecule has 1 aromatic rings. The van der Waals surface area contributed by atoms with E-state index in [0.717, 1.165) is 18.4 Å². The van der Waals surface area contributed by atoms with E-state index in [2.05, 4.69) is 12.2 Å². The molecule has 3 atom stereocenters. The van der Waals surface area contributed by atoms with Crippen molar-refractivity contribution in [1.82, 2.24) is 5.32 Å². The zero-order valence-electron chi connectivity index (χ0n) is 9.89. The van der Waals surface area contributed by atoms with E-state index in [9.17, 15) is 4.79 Å². The SMILES string of the molecule is CC1CCC(N)C(c2ccc(C(=O)O)cc2)N1. The second-order valence-electron chi connectivity index (χ2n) is 4.71. The topological polar surface area (TPSA) is 75.4 Å². The van der Waals surface area contributed by atoms with Gasteiger partial charge < -0.3 is 16.2 Å². The molecular formula is C13H18N2O2. The summed E-state index contributed by atoms with van der Waals surface area (Å²) in [6.45, 7) is 2.14. The van der Waals surface area contributed by atoms with Gasteiger partial charge in [-0.25, -0.2) is 4.79 Å². The van der Waals surface area contributed by atoms with Crippen LogP contribution < -0.4 is 11.1 Å². The van der Waals surface area contributed by atoms with E-state index in [-0.39, 0.29) is 12.1 Å². The van der Waals surface area contributed by atoms with Crippen LogP contribution in [0.25, 0.3) is 0 Å². The largest absolute Gasteiger partial charge is 0.478 e. The Labute approximate surface area is 101 Å². The summed E-state index contributed by atoms with van der Waals surface area (Å²) in [5.41, 5.74) is 7.47. The van der Waals surface area contributed by atoms with Crippen LogP contribution in [0.5, 0.6) is 0 Å². The lowest BCUT2D eigenvalue weighted by Crippen LogP contribution is -2.46. The summed E-state index contributed by atoms with van der Waals surface area (Å²) in [5.74, 6) is -0.897. The van der Waals surface area contributed by atoms with Crippen molar-refractivity contribution in [2.45, 2.75) is 37.9 Å². The molecule has 17 heavy (non-hydrogen) atoms. The van der Waals surface area contributed by atoms with Crippen molar-refractivity contribution < 1.29 is 9.90 Å². The summed E-state index contributed by atoms with van der Waals surface area (Å²) >= 11 is 0. The van der Waals surface area contributed by atoms with Gasteiger partial charge in [0.25, 0.3) is 0 Å².